The molecule has 0 aromatic heterocycles. The number of amides is 1. The number of benzene rings is 2. The van der Waals surface area contributed by atoms with Crippen LogP contribution in [-0.4, -0.2) is 23.5 Å². The van der Waals surface area contributed by atoms with Gasteiger partial charge in [-0.2, -0.15) is 11.8 Å². The van der Waals surface area contributed by atoms with Crippen molar-refractivity contribution in [2.24, 2.45) is 0 Å². The quantitative estimate of drug-likeness (QED) is 0.408. The summed E-state index contributed by atoms with van der Waals surface area (Å²) in [5, 5.41) is 4.41. The van der Waals surface area contributed by atoms with Gasteiger partial charge in [-0.15, -0.1) is 11.8 Å². The van der Waals surface area contributed by atoms with E-state index in [1.807, 2.05) is 49.4 Å². The summed E-state index contributed by atoms with van der Waals surface area (Å²) >= 11 is 15.2. The molecular formula is C19H21Cl2NOS2. The summed E-state index contributed by atoms with van der Waals surface area (Å²) in [7, 11) is 0. The second kappa shape index (κ2) is 11.0. The Morgan fingerprint density at radius 3 is 2.56 bits per heavy atom. The number of carbonyl (C=O) groups is 1. The maximum Gasteiger partial charge on any atom is 0.233 e. The molecule has 0 saturated heterocycles. The Morgan fingerprint density at radius 2 is 1.88 bits per heavy atom. The minimum Gasteiger partial charge on any atom is -0.354 e. The van der Waals surface area contributed by atoms with Crippen LogP contribution in [0, 0.1) is 0 Å². The highest BCUT2D eigenvalue weighted by molar-refractivity contribution is 8.00. The predicted molar refractivity (Wildman–Crippen MR) is 112 cm³/mol. The minimum absolute atomic E-state index is 0.0842. The van der Waals surface area contributed by atoms with Gasteiger partial charge in [0, 0.05) is 33.0 Å². The number of hydrogen-bond donors (Lipinski definition) is 1. The molecule has 0 spiro atoms. The fourth-order valence-electron chi connectivity index (χ4n) is 2.18. The molecule has 2 nitrogen and oxygen atoms in total. The first kappa shape index (κ1) is 20.5. The van der Waals surface area contributed by atoms with Crippen molar-refractivity contribution in [1.82, 2.24) is 5.32 Å². The molecule has 134 valence electrons. The number of hydrogen-bond acceptors (Lipinski definition) is 3. The Bertz CT molecular complexity index is 679. The van der Waals surface area contributed by atoms with Crippen LogP contribution in [0.4, 0.5) is 0 Å². The smallest absolute Gasteiger partial charge is 0.233 e. The fourth-order valence-corrected chi connectivity index (χ4v) is 4.30. The molecule has 0 aliphatic rings. The van der Waals surface area contributed by atoms with E-state index < -0.39 is 0 Å². The molecule has 1 atom stereocenters. The van der Waals surface area contributed by atoms with Gasteiger partial charge in [-0.1, -0.05) is 42.3 Å². The molecule has 0 saturated carbocycles. The van der Waals surface area contributed by atoms with Gasteiger partial charge in [0.05, 0.1) is 5.25 Å². The normalized spacial score (nSPS) is 12.0. The molecule has 1 amide bonds. The Labute approximate surface area is 168 Å². The maximum atomic E-state index is 12.3. The molecule has 2 aromatic rings. The summed E-state index contributed by atoms with van der Waals surface area (Å²) in [6, 6.07) is 15.5. The summed E-state index contributed by atoms with van der Waals surface area (Å²) in [6.07, 6.45) is 0.786. The second-order valence-corrected chi connectivity index (χ2v) is 8.70. The van der Waals surface area contributed by atoms with Gasteiger partial charge in [0.15, 0.2) is 0 Å². The van der Waals surface area contributed by atoms with Crippen molar-refractivity contribution in [3.63, 3.8) is 0 Å². The number of halogens is 2. The van der Waals surface area contributed by atoms with Gasteiger partial charge in [-0.25, -0.2) is 0 Å². The first-order valence-corrected chi connectivity index (χ1v) is 10.9. The Hall–Kier alpha value is -0.810. The maximum absolute atomic E-state index is 12.3. The lowest BCUT2D eigenvalue weighted by atomic mass is 10.2. The monoisotopic (exact) mass is 413 g/mol. The van der Waals surface area contributed by atoms with Crippen LogP contribution in [0.15, 0.2) is 53.4 Å². The van der Waals surface area contributed by atoms with Crippen molar-refractivity contribution in [2.75, 3.05) is 12.3 Å². The second-order valence-electron chi connectivity index (χ2n) is 5.44. The summed E-state index contributed by atoms with van der Waals surface area (Å²) in [5.74, 6) is 1.86. The third kappa shape index (κ3) is 7.53. The molecule has 0 unspecified atom stereocenters. The molecule has 0 aliphatic heterocycles. The molecule has 0 bridgehead atoms. The molecule has 2 rings (SSSR count). The van der Waals surface area contributed by atoms with E-state index in [4.69, 9.17) is 23.2 Å². The van der Waals surface area contributed by atoms with Crippen LogP contribution >= 0.6 is 46.7 Å². The molecular weight excluding hydrogens is 393 g/mol. The van der Waals surface area contributed by atoms with Gasteiger partial charge in [0.1, 0.15) is 0 Å². The highest BCUT2D eigenvalue weighted by Crippen LogP contribution is 2.26. The van der Waals surface area contributed by atoms with Crippen LogP contribution in [0.5, 0.6) is 0 Å². The van der Waals surface area contributed by atoms with Crippen molar-refractivity contribution in [3.05, 3.63) is 64.1 Å². The minimum atomic E-state index is -0.0842. The largest absolute Gasteiger partial charge is 0.354 e. The van der Waals surface area contributed by atoms with Gasteiger partial charge in [0.25, 0.3) is 0 Å². The molecule has 0 heterocycles. The average Bonchev–Trinajstić information content (AvgIpc) is 2.61. The van der Waals surface area contributed by atoms with E-state index in [2.05, 4.69) is 11.4 Å². The Balaban J connectivity index is 1.69. The summed E-state index contributed by atoms with van der Waals surface area (Å²) in [4.78, 5) is 13.4. The van der Waals surface area contributed by atoms with Crippen molar-refractivity contribution >= 4 is 52.6 Å². The number of nitrogens with one attached hydrogen (secondary N) is 1. The van der Waals surface area contributed by atoms with E-state index in [0.29, 0.717) is 11.6 Å². The first-order chi connectivity index (χ1) is 12.1. The highest BCUT2D eigenvalue weighted by atomic mass is 35.5. The van der Waals surface area contributed by atoms with Gasteiger partial charge in [0.2, 0.25) is 5.91 Å². The Kier molecular flexibility index (Phi) is 9.04. The third-order valence-electron chi connectivity index (χ3n) is 3.46. The molecule has 2 aromatic carbocycles. The molecule has 6 heteroatoms. The molecule has 1 N–H and O–H groups in total. The summed E-state index contributed by atoms with van der Waals surface area (Å²) in [5.41, 5.74) is 1.20. The van der Waals surface area contributed by atoms with Crippen molar-refractivity contribution in [2.45, 2.75) is 29.2 Å². The number of thioether (sulfide) groups is 2. The zero-order chi connectivity index (χ0) is 18.1. The highest BCUT2D eigenvalue weighted by Gasteiger charge is 2.17. The van der Waals surface area contributed by atoms with E-state index in [0.717, 1.165) is 27.8 Å². The van der Waals surface area contributed by atoms with E-state index in [-0.39, 0.29) is 11.2 Å². The van der Waals surface area contributed by atoms with Crippen LogP contribution in [0.3, 0.4) is 0 Å². The van der Waals surface area contributed by atoms with Gasteiger partial charge in [-0.05, 0) is 48.4 Å². The van der Waals surface area contributed by atoms with Crippen LogP contribution in [0.25, 0.3) is 0 Å². The third-order valence-corrected chi connectivity index (χ3v) is 6.35. The van der Waals surface area contributed by atoms with Gasteiger partial charge in [-0.3, -0.25) is 4.79 Å². The standard InChI is InChI=1S/C19H21Cl2NOS2/c1-2-18(25-17-8-6-15(20)7-9-17)19(23)22-10-11-24-13-14-4-3-5-16(21)12-14/h3-9,12,18H,2,10-11,13H2,1H3,(H,22,23)/t18-/m1/s1. The summed E-state index contributed by atoms with van der Waals surface area (Å²) < 4.78 is 0. The molecule has 0 radical (unpaired) electrons. The van der Waals surface area contributed by atoms with E-state index in [9.17, 15) is 4.79 Å². The van der Waals surface area contributed by atoms with Crippen LogP contribution in [-0.2, 0) is 10.5 Å². The zero-order valence-electron chi connectivity index (χ0n) is 14.0. The Morgan fingerprint density at radius 1 is 1.12 bits per heavy atom. The molecule has 0 aliphatic carbocycles. The lowest BCUT2D eigenvalue weighted by Crippen LogP contribution is -2.33. The summed E-state index contributed by atoms with van der Waals surface area (Å²) in [6.45, 7) is 2.70. The molecule has 25 heavy (non-hydrogen) atoms. The van der Waals surface area contributed by atoms with Crippen molar-refractivity contribution in [1.29, 1.82) is 0 Å². The van der Waals surface area contributed by atoms with Crippen molar-refractivity contribution < 1.29 is 4.79 Å². The lowest BCUT2D eigenvalue weighted by molar-refractivity contribution is -0.120. The SMILES string of the molecule is CC[C@@H](Sc1ccc(Cl)cc1)C(=O)NCCSCc1cccc(Cl)c1. The van der Waals surface area contributed by atoms with Crippen molar-refractivity contribution in [3.8, 4) is 0 Å². The van der Waals surface area contributed by atoms with Gasteiger partial charge >= 0.3 is 0 Å². The topological polar surface area (TPSA) is 29.1 Å². The lowest BCUT2D eigenvalue weighted by Gasteiger charge is -2.14. The van der Waals surface area contributed by atoms with Crippen LogP contribution < -0.4 is 5.32 Å². The predicted octanol–water partition coefficient (Wildman–Crippen LogP) is 5.91. The van der Waals surface area contributed by atoms with Crippen LogP contribution in [0.1, 0.15) is 18.9 Å². The number of rotatable bonds is 9. The van der Waals surface area contributed by atoms with Gasteiger partial charge < -0.3 is 5.32 Å². The van der Waals surface area contributed by atoms with E-state index >= 15 is 0 Å². The first-order valence-electron chi connectivity index (χ1n) is 8.10. The fraction of sp³-hybridized carbons (Fsp3) is 0.316. The van der Waals surface area contributed by atoms with Crippen LogP contribution in [0.2, 0.25) is 10.0 Å². The number of carbonyl (C=O) groups excluding carboxylic acids is 1. The van der Waals surface area contributed by atoms with E-state index in [1.54, 1.807) is 23.5 Å². The van der Waals surface area contributed by atoms with E-state index in [1.165, 1.54) is 5.56 Å². The molecule has 0 fully saturated rings. The average molecular weight is 414 g/mol. The zero-order valence-corrected chi connectivity index (χ0v) is 17.2.